The smallest absolute Gasteiger partial charge is 0.335 e. The molecule has 1 heterocycles. The molecule has 0 aliphatic rings. The number of hydrogen-bond acceptors (Lipinski definition) is 4. The third-order valence-corrected chi connectivity index (χ3v) is 4.68. The highest BCUT2D eigenvalue weighted by molar-refractivity contribution is 6.35. The molecule has 0 unspecified atom stereocenters. The van der Waals surface area contributed by atoms with Crippen LogP contribution in [0.5, 0.6) is 5.75 Å². The van der Waals surface area contributed by atoms with Crippen LogP contribution in [0.4, 0.5) is 0 Å². The van der Waals surface area contributed by atoms with Crippen molar-refractivity contribution in [3.8, 4) is 11.4 Å². The number of methoxy groups -OCH3 is 1. The van der Waals surface area contributed by atoms with Gasteiger partial charge in [-0.25, -0.2) is 9.36 Å². The molecule has 0 radical (unpaired) electrons. The lowest BCUT2D eigenvalue weighted by molar-refractivity contribution is 0.0997. The maximum Gasteiger partial charge on any atom is 0.335 e. The first-order valence-electron chi connectivity index (χ1n) is 8.06. The van der Waals surface area contributed by atoms with Crippen molar-refractivity contribution >= 4 is 29.1 Å². The number of carbonyl (C=O) groups is 1. The molecule has 3 aromatic rings. The molecule has 2 aromatic carbocycles. The van der Waals surface area contributed by atoms with E-state index in [4.69, 9.17) is 33.7 Å². The van der Waals surface area contributed by atoms with E-state index in [-0.39, 0.29) is 17.8 Å². The Morgan fingerprint density at radius 1 is 1.14 bits per heavy atom. The van der Waals surface area contributed by atoms with Crippen LogP contribution < -0.4 is 21.7 Å². The molecule has 28 heavy (non-hydrogen) atoms. The lowest BCUT2D eigenvalue weighted by Gasteiger charge is -2.13. The summed E-state index contributed by atoms with van der Waals surface area (Å²) in [5, 5.41) is 0.791. The van der Waals surface area contributed by atoms with Crippen LogP contribution in [0.25, 0.3) is 5.69 Å². The summed E-state index contributed by atoms with van der Waals surface area (Å²) in [6.07, 6.45) is 1.13. The molecular formula is C19H15Cl2N3O4. The van der Waals surface area contributed by atoms with Crippen LogP contribution in [-0.2, 0) is 6.54 Å². The second-order valence-corrected chi connectivity index (χ2v) is 6.74. The van der Waals surface area contributed by atoms with Crippen LogP contribution >= 0.6 is 23.2 Å². The Labute approximate surface area is 169 Å². The predicted octanol–water partition coefficient (Wildman–Crippen LogP) is 2.46. The van der Waals surface area contributed by atoms with E-state index in [2.05, 4.69) is 0 Å². The second kappa shape index (κ2) is 7.92. The van der Waals surface area contributed by atoms with Gasteiger partial charge in [0.15, 0.2) is 0 Å². The van der Waals surface area contributed by atoms with Gasteiger partial charge in [-0.2, -0.15) is 0 Å². The van der Waals surface area contributed by atoms with Gasteiger partial charge >= 0.3 is 5.69 Å². The maximum atomic E-state index is 13.0. The number of hydrogen-bond donors (Lipinski definition) is 1. The van der Waals surface area contributed by atoms with E-state index < -0.39 is 17.2 Å². The molecule has 0 aliphatic carbocycles. The van der Waals surface area contributed by atoms with Gasteiger partial charge in [0.1, 0.15) is 11.3 Å². The molecule has 7 nitrogen and oxygen atoms in total. The van der Waals surface area contributed by atoms with Gasteiger partial charge in [0.05, 0.1) is 19.3 Å². The van der Waals surface area contributed by atoms with Crippen LogP contribution in [0.3, 0.4) is 0 Å². The molecule has 0 aliphatic heterocycles. The van der Waals surface area contributed by atoms with E-state index in [1.807, 2.05) is 0 Å². The van der Waals surface area contributed by atoms with Crippen molar-refractivity contribution in [2.75, 3.05) is 7.11 Å². The van der Waals surface area contributed by atoms with Crippen LogP contribution in [-0.4, -0.2) is 22.2 Å². The Morgan fingerprint density at radius 3 is 2.54 bits per heavy atom. The number of rotatable bonds is 5. The molecule has 2 N–H and O–H groups in total. The van der Waals surface area contributed by atoms with E-state index in [1.165, 1.54) is 23.8 Å². The van der Waals surface area contributed by atoms with Gasteiger partial charge in [-0.15, -0.1) is 0 Å². The first-order chi connectivity index (χ1) is 13.3. The largest absolute Gasteiger partial charge is 0.497 e. The lowest BCUT2D eigenvalue weighted by atomic mass is 10.2. The topological polar surface area (TPSA) is 96.3 Å². The van der Waals surface area contributed by atoms with E-state index in [9.17, 15) is 14.4 Å². The number of ether oxygens (including phenoxy) is 1. The first-order valence-corrected chi connectivity index (χ1v) is 8.82. The van der Waals surface area contributed by atoms with Gasteiger partial charge in [0.2, 0.25) is 0 Å². The first kappa shape index (κ1) is 19.7. The van der Waals surface area contributed by atoms with Crippen molar-refractivity contribution in [2.45, 2.75) is 6.54 Å². The van der Waals surface area contributed by atoms with Crippen molar-refractivity contribution in [1.29, 1.82) is 0 Å². The summed E-state index contributed by atoms with van der Waals surface area (Å²) < 4.78 is 7.20. The number of amides is 1. The van der Waals surface area contributed by atoms with Crippen molar-refractivity contribution in [3.05, 3.63) is 90.7 Å². The number of nitrogens with two attached hydrogens (primary N) is 1. The molecule has 144 valence electrons. The number of carbonyl (C=O) groups excluding carboxylic acids is 1. The van der Waals surface area contributed by atoms with Crippen molar-refractivity contribution in [3.63, 3.8) is 0 Å². The summed E-state index contributed by atoms with van der Waals surface area (Å²) in [4.78, 5) is 37.5. The van der Waals surface area contributed by atoms with Crippen LogP contribution in [0.1, 0.15) is 15.9 Å². The fourth-order valence-electron chi connectivity index (χ4n) is 2.70. The minimum absolute atomic E-state index is 0.0133. The summed E-state index contributed by atoms with van der Waals surface area (Å²) in [5.41, 5.74) is 4.37. The molecular weight excluding hydrogens is 405 g/mol. The summed E-state index contributed by atoms with van der Waals surface area (Å²) in [5.74, 6) is -0.502. The molecule has 9 heteroatoms. The summed E-state index contributed by atoms with van der Waals surface area (Å²) >= 11 is 12.1. The van der Waals surface area contributed by atoms with Gasteiger partial charge in [-0.3, -0.25) is 14.2 Å². The van der Waals surface area contributed by atoms with Crippen molar-refractivity contribution in [1.82, 2.24) is 9.13 Å². The van der Waals surface area contributed by atoms with Crippen LogP contribution in [0.2, 0.25) is 10.0 Å². The van der Waals surface area contributed by atoms with Crippen molar-refractivity contribution < 1.29 is 9.53 Å². The molecule has 0 spiro atoms. The molecule has 0 bridgehead atoms. The Balaban J connectivity index is 2.24. The Morgan fingerprint density at radius 2 is 1.89 bits per heavy atom. The molecule has 0 saturated heterocycles. The Bertz CT molecular complexity index is 1180. The standard InChI is InChI=1S/C19H15Cl2N3O4/c1-28-14-4-2-3-13(8-14)24-18(26)15(17(22)25)10-23(19(24)27)9-11-5-6-12(20)7-16(11)21/h2-8,10H,9H2,1H3,(H2,22,25). The molecule has 1 amide bonds. The fraction of sp³-hybridized carbons (Fsp3) is 0.105. The van der Waals surface area contributed by atoms with Crippen molar-refractivity contribution in [2.24, 2.45) is 5.73 Å². The van der Waals surface area contributed by atoms with E-state index in [0.717, 1.165) is 10.8 Å². The van der Waals surface area contributed by atoms with E-state index in [1.54, 1.807) is 30.3 Å². The maximum absolute atomic E-state index is 13.0. The van der Waals surface area contributed by atoms with E-state index in [0.29, 0.717) is 21.4 Å². The average molecular weight is 420 g/mol. The van der Waals surface area contributed by atoms with Gasteiger partial charge in [-0.1, -0.05) is 35.3 Å². The van der Waals surface area contributed by atoms with E-state index >= 15 is 0 Å². The number of nitrogens with zero attached hydrogens (tertiary/aromatic N) is 2. The molecule has 0 saturated carbocycles. The fourth-order valence-corrected chi connectivity index (χ4v) is 3.16. The SMILES string of the molecule is COc1cccc(-n2c(=O)c(C(N)=O)cn(Cc3ccc(Cl)cc3Cl)c2=O)c1. The predicted molar refractivity (Wildman–Crippen MR) is 107 cm³/mol. The van der Waals surface area contributed by atoms with Crippen LogP contribution in [0, 0.1) is 0 Å². The number of benzene rings is 2. The zero-order chi connectivity index (χ0) is 20.4. The Kier molecular flexibility index (Phi) is 5.58. The number of aromatic nitrogens is 2. The zero-order valence-electron chi connectivity index (χ0n) is 14.7. The highest BCUT2D eigenvalue weighted by Gasteiger charge is 2.17. The molecule has 3 rings (SSSR count). The molecule has 0 fully saturated rings. The zero-order valence-corrected chi connectivity index (χ0v) is 16.2. The van der Waals surface area contributed by atoms with Gasteiger partial charge < -0.3 is 10.5 Å². The lowest BCUT2D eigenvalue weighted by Crippen LogP contribution is -2.42. The van der Waals surface area contributed by atoms with Gasteiger partial charge in [-0.05, 0) is 29.8 Å². The highest BCUT2D eigenvalue weighted by atomic mass is 35.5. The third kappa shape index (κ3) is 3.81. The number of halogens is 2. The number of primary amides is 1. The quantitative estimate of drug-likeness (QED) is 0.686. The molecule has 0 atom stereocenters. The summed E-state index contributed by atoms with van der Waals surface area (Å²) in [6, 6.07) is 11.2. The van der Waals surface area contributed by atoms with Gasteiger partial charge in [0, 0.05) is 22.3 Å². The second-order valence-electron chi connectivity index (χ2n) is 5.90. The average Bonchev–Trinajstić information content (AvgIpc) is 2.66. The van der Waals surface area contributed by atoms with Crippen LogP contribution in [0.15, 0.2) is 58.3 Å². The summed E-state index contributed by atoms with van der Waals surface area (Å²) in [6.45, 7) is 0.0133. The minimum Gasteiger partial charge on any atom is -0.497 e. The third-order valence-electron chi connectivity index (χ3n) is 4.09. The molecule has 1 aromatic heterocycles. The minimum atomic E-state index is -0.947. The normalized spacial score (nSPS) is 10.7. The summed E-state index contributed by atoms with van der Waals surface area (Å²) in [7, 11) is 1.46. The highest BCUT2D eigenvalue weighted by Crippen LogP contribution is 2.21. The Hall–Kier alpha value is -3.03. The van der Waals surface area contributed by atoms with Gasteiger partial charge in [0.25, 0.3) is 11.5 Å². The monoisotopic (exact) mass is 419 g/mol.